The van der Waals surface area contributed by atoms with E-state index in [0.29, 0.717) is 16.3 Å². The minimum Gasteiger partial charge on any atom is -0.352 e. The van der Waals surface area contributed by atoms with Crippen molar-refractivity contribution < 1.29 is 4.79 Å². The lowest BCUT2D eigenvalue weighted by Crippen LogP contribution is -2.28. The van der Waals surface area contributed by atoms with Gasteiger partial charge in [-0.25, -0.2) is 0 Å². The number of carbonyl (C=O) groups is 1. The van der Waals surface area contributed by atoms with E-state index in [9.17, 15) is 4.79 Å². The summed E-state index contributed by atoms with van der Waals surface area (Å²) in [4.78, 5) is 12.2. The van der Waals surface area contributed by atoms with Gasteiger partial charge >= 0.3 is 0 Å². The standard InChI is InChI=1S/C10H14BrN3O/c11-9-2-1-7(3-9)4-12-10(15)8-5-13-14-6-8/h5-7,9H,1-4H2,(H,12,15)(H,13,14). The Morgan fingerprint density at radius 3 is 3.13 bits per heavy atom. The summed E-state index contributed by atoms with van der Waals surface area (Å²) in [5, 5.41) is 9.30. The second-order valence-corrected chi connectivity index (χ2v) is 5.27. The molecular formula is C10H14BrN3O. The van der Waals surface area contributed by atoms with Gasteiger partial charge in [0.2, 0.25) is 0 Å². The number of alkyl halides is 1. The van der Waals surface area contributed by atoms with Crippen molar-refractivity contribution in [2.45, 2.75) is 24.1 Å². The van der Waals surface area contributed by atoms with Gasteiger partial charge < -0.3 is 5.32 Å². The van der Waals surface area contributed by atoms with Crippen molar-refractivity contribution in [3.63, 3.8) is 0 Å². The van der Waals surface area contributed by atoms with Crippen molar-refractivity contribution in [3.8, 4) is 0 Å². The predicted molar refractivity (Wildman–Crippen MR) is 61.0 cm³/mol. The molecule has 0 bridgehead atoms. The molecule has 0 saturated heterocycles. The van der Waals surface area contributed by atoms with Gasteiger partial charge in [0.1, 0.15) is 0 Å². The van der Waals surface area contributed by atoms with E-state index >= 15 is 0 Å². The highest BCUT2D eigenvalue weighted by molar-refractivity contribution is 9.09. The van der Waals surface area contributed by atoms with Gasteiger partial charge in [-0.05, 0) is 25.2 Å². The second kappa shape index (κ2) is 4.79. The SMILES string of the molecule is O=C(NCC1CCC(Br)C1)c1cn[nH]c1. The molecule has 4 nitrogen and oxygen atoms in total. The van der Waals surface area contributed by atoms with E-state index in [0.717, 1.165) is 13.0 Å². The van der Waals surface area contributed by atoms with Gasteiger partial charge in [0.05, 0.1) is 11.8 Å². The fourth-order valence-corrected chi connectivity index (χ4v) is 2.71. The van der Waals surface area contributed by atoms with Crippen LogP contribution in [0.15, 0.2) is 12.4 Å². The second-order valence-electron chi connectivity index (χ2n) is 3.97. The molecule has 2 rings (SSSR count). The summed E-state index contributed by atoms with van der Waals surface area (Å²) in [5.74, 6) is 0.576. The fraction of sp³-hybridized carbons (Fsp3) is 0.600. The Balaban J connectivity index is 1.76. The predicted octanol–water partition coefficient (Wildman–Crippen LogP) is 1.70. The fourth-order valence-electron chi connectivity index (χ4n) is 1.91. The van der Waals surface area contributed by atoms with Crippen LogP contribution in [0.25, 0.3) is 0 Å². The molecule has 5 heteroatoms. The quantitative estimate of drug-likeness (QED) is 0.823. The molecule has 82 valence electrons. The van der Waals surface area contributed by atoms with Crippen LogP contribution in [0.2, 0.25) is 0 Å². The maximum Gasteiger partial charge on any atom is 0.254 e. The Morgan fingerprint density at radius 2 is 2.53 bits per heavy atom. The lowest BCUT2D eigenvalue weighted by atomic mass is 10.1. The van der Waals surface area contributed by atoms with E-state index < -0.39 is 0 Å². The van der Waals surface area contributed by atoms with Crippen molar-refractivity contribution in [2.24, 2.45) is 5.92 Å². The van der Waals surface area contributed by atoms with Crippen molar-refractivity contribution >= 4 is 21.8 Å². The first-order valence-corrected chi connectivity index (χ1v) is 6.08. The highest BCUT2D eigenvalue weighted by Gasteiger charge is 2.22. The van der Waals surface area contributed by atoms with Crippen molar-refractivity contribution in [1.82, 2.24) is 15.5 Å². The molecule has 0 radical (unpaired) electrons. The number of aromatic amines is 1. The first kappa shape index (κ1) is 10.7. The molecular weight excluding hydrogens is 258 g/mol. The van der Waals surface area contributed by atoms with Crippen LogP contribution in [0.3, 0.4) is 0 Å². The Morgan fingerprint density at radius 1 is 1.67 bits per heavy atom. The average molecular weight is 272 g/mol. The first-order valence-electron chi connectivity index (χ1n) is 5.16. The van der Waals surface area contributed by atoms with E-state index in [1.54, 1.807) is 6.20 Å². The number of hydrogen-bond acceptors (Lipinski definition) is 2. The van der Waals surface area contributed by atoms with Gasteiger partial charge in [-0.1, -0.05) is 15.9 Å². The molecule has 2 unspecified atom stereocenters. The smallest absolute Gasteiger partial charge is 0.254 e. The molecule has 1 heterocycles. The molecule has 1 aromatic heterocycles. The van der Waals surface area contributed by atoms with Crippen molar-refractivity contribution in [3.05, 3.63) is 18.0 Å². The van der Waals surface area contributed by atoms with Crippen LogP contribution in [0.4, 0.5) is 0 Å². The lowest BCUT2D eigenvalue weighted by molar-refractivity contribution is 0.0947. The minimum atomic E-state index is -0.0400. The van der Waals surface area contributed by atoms with Crippen LogP contribution in [0.5, 0.6) is 0 Å². The van der Waals surface area contributed by atoms with Gasteiger partial charge in [0.25, 0.3) is 5.91 Å². The molecule has 1 aliphatic carbocycles. The summed E-state index contributed by atoms with van der Waals surface area (Å²) in [5.41, 5.74) is 0.600. The van der Waals surface area contributed by atoms with Crippen LogP contribution < -0.4 is 5.32 Å². The molecule has 1 aromatic rings. The van der Waals surface area contributed by atoms with E-state index in [-0.39, 0.29) is 5.91 Å². The number of nitrogens with one attached hydrogen (secondary N) is 2. The van der Waals surface area contributed by atoms with Gasteiger partial charge in [0.15, 0.2) is 0 Å². The van der Waals surface area contributed by atoms with Crippen LogP contribution in [0.1, 0.15) is 29.6 Å². The van der Waals surface area contributed by atoms with Crippen LogP contribution in [-0.2, 0) is 0 Å². The molecule has 0 aliphatic heterocycles. The zero-order valence-corrected chi connectivity index (χ0v) is 9.96. The number of aromatic nitrogens is 2. The summed E-state index contributed by atoms with van der Waals surface area (Å²) >= 11 is 3.60. The number of halogens is 1. The molecule has 2 atom stereocenters. The Bertz CT molecular complexity index is 325. The van der Waals surface area contributed by atoms with E-state index in [1.165, 1.54) is 19.0 Å². The number of H-pyrrole nitrogens is 1. The number of carbonyl (C=O) groups excluding carboxylic acids is 1. The molecule has 1 saturated carbocycles. The number of rotatable bonds is 3. The summed E-state index contributed by atoms with van der Waals surface area (Å²) in [7, 11) is 0. The maximum absolute atomic E-state index is 11.6. The highest BCUT2D eigenvalue weighted by Crippen LogP contribution is 2.29. The Hall–Kier alpha value is -0.840. The zero-order chi connectivity index (χ0) is 10.7. The third kappa shape index (κ3) is 2.81. The molecule has 0 spiro atoms. The average Bonchev–Trinajstić information content (AvgIpc) is 2.84. The molecule has 1 aliphatic rings. The zero-order valence-electron chi connectivity index (χ0n) is 8.37. The molecule has 15 heavy (non-hydrogen) atoms. The Labute approximate surface area is 97.0 Å². The largest absolute Gasteiger partial charge is 0.352 e. The van der Waals surface area contributed by atoms with Gasteiger partial charge in [-0.2, -0.15) is 5.10 Å². The number of nitrogens with zero attached hydrogens (tertiary/aromatic N) is 1. The Kier molecular flexibility index (Phi) is 3.41. The lowest BCUT2D eigenvalue weighted by Gasteiger charge is -2.09. The van der Waals surface area contributed by atoms with E-state index in [4.69, 9.17) is 0 Å². The van der Waals surface area contributed by atoms with Crippen LogP contribution in [-0.4, -0.2) is 27.5 Å². The highest BCUT2D eigenvalue weighted by atomic mass is 79.9. The van der Waals surface area contributed by atoms with E-state index in [1.807, 2.05) is 0 Å². The molecule has 1 fully saturated rings. The van der Waals surface area contributed by atoms with Gasteiger partial charge in [-0.3, -0.25) is 9.89 Å². The summed E-state index contributed by atoms with van der Waals surface area (Å²) in [6.07, 6.45) is 6.72. The molecule has 1 amide bonds. The maximum atomic E-state index is 11.6. The summed E-state index contributed by atoms with van der Waals surface area (Å²) in [6.45, 7) is 0.770. The summed E-state index contributed by atoms with van der Waals surface area (Å²) < 4.78 is 0. The van der Waals surface area contributed by atoms with Gasteiger partial charge in [-0.15, -0.1) is 0 Å². The number of amides is 1. The molecule has 2 N–H and O–H groups in total. The summed E-state index contributed by atoms with van der Waals surface area (Å²) in [6, 6.07) is 0. The monoisotopic (exact) mass is 271 g/mol. The van der Waals surface area contributed by atoms with Crippen molar-refractivity contribution in [2.75, 3.05) is 6.54 Å². The third-order valence-electron chi connectivity index (χ3n) is 2.79. The van der Waals surface area contributed by atoms with Gasteiger partial charge in [0, 0.05) is 17.6 Å². The minimum absolute atomic E-state index is 0.0400. The first-order chi connectivity index (χ1) is 7.25. The normalized spacial score (nSPS) is 25.4. The molecule has 0 aromatic carbocycles. The van der Waals surface area contributed by atoms with Crippen molar-refractivity contribution in [1.29, 1.82) is 0 Å². The number of hydrogen-bond donors (Lipinski definition) is 2. The van der Waals surface area contributed by atoms with E-state index in [2.05, 4.69) is 31.4 Å². The third-order valence-corrected chi connectivity index (χ3v) is 3.62. The topological polar surface area (TPSA) is 57.8 Å². The van der Waals surface area contributed by atoms with Crippen LogP contribution >= 0.6 is 15.9 Å². The van der Waals surface area contributed by atoms with Crippen LogP contribution in [0, 0.1) is 5.92 Å².